The van der Waals surface area contributed by atoms with Crippen LogP contribution in [-0.4, -0.2) is 16.7 Å². The molecule has 5 nitrogen and oxygen atoms in total. The predicted octanol–water partition coefficient (Wildman–Crippen LogP) is 3.36. The molecule has 0 spiro atoms. The normalized spacial score (nSPS) is 10.8. The number of benzene rings is 1. The van der Waals surface area contributed by atoms with Gasteiger partial charge in [-0.3, -0.25) is 0 Å². The summed E-state index contributed by atoms with van der Waals surface area (Å²) in [5, 5.41) is 7.75. The summed E-state index contributed by atoms with van der Waals surface area (Å²) in [6.07, 6.45) is 1.75. The van der Waals surface area contributed by atoms with E-state index in [4.69, 9.17) is 20.9 Å². The zero-order valence-electron chi connectivity index (χ0n) is 12.4. The largest absolute Gasteiger partial charge is 0.484 e. The van der Waals surface area contributed by atoms with Crippen LogP contribution in [0.3, 0.4) is 0 Å². The first-order chi connectivity index (χ1) is 10.2. The highest BCUT2D eigenvalue weighted by Crippen LogP contribution is 2.29. The van der Waals surface area contributed by atoms with Gasteiger partial charge in [-0.05, 0) is 19.0 Å². The van der Waals surface area contributed by atoms with Gasteiger partial charge in [0.05, 0.1) is 5.02 Å². The molecule has 0 amide bonds. The third-order valence-electron chi connectivity index (χ3n) is 2.93. The SMILES string of the molecule is CCCc1nc(COc2c(Cl)cccc2CNCC)no1. The van der Waals surface area contributed by atoms with E-state index in [9.17, 15) is 0 Å². The summed E-state index contributed by atoms with van der Waals surface area (Å²) in [5.41, 5.74) is 1.02. The Morgan fingerprint density at radius 3 is 2.95 bits per heavy atom. The topological polar surface area (TPSA) is 60.2 Å². The molecule has 6 heteroatoms. The number of hydrogen-bond acceptors (Lipinski definition) is 5. The molecule has 0 radical (unpaired) electrons. The number of hydrogen-bond donors (Lipinski definition) is 1. The van der Waals surface area contributed by atoms with Gasteiger partial charge in [0.2, 0.25) is 11.7 Å². The molecule has 114 valence electrons. The lowest BCUT2D eigenvalue weighted by Crippen LogP contribution is -2.13. The monoisotopic (exact) mass is 309 g/mol. The Balaban J connectivity index is 2.04. The Hall–Kier alpha value is -1.59. The standard InChI is InChI=1S/C15H20ClN3O2/c1-3-6-14-18-13(19-21-14)10-20-15-11(9-17-4-2)7-5-8-12(15)16/h5,7-8,17H,3-4,6,9-10H2,1-2H3. The van der Waals surface area contributed by atoms with Gasteiger partial charge in [0, 0.05) is 18.5 Å². The maximum absolute atomic E-state index is 6.21. The highest BCUT2D eigenvalue weighted by atomic mass is 35.5. The molecule has 0 aliphatic heterocycles. The zero-order valence-corrected chi connectivity index (χ0v) is 13.1. The second-order valence-electron chi connectivity index (χ2n) is 4.65. The molecule has 0 saturated carbocycles. The van der Waals surface area contributed by atoms with Crippen molar-refractivity contribution in [3.63, 3.8) is 0 Å². The van der Waals surface area contributed by atoms with E-state index in [2.05, 4.69) is 29.3 Å². The number of rotatable bonds is 8. The summed E-state index contributed by atoms with van der Waals surface area (Å²) in [5.74, 6) is 1.85. The molecule has 1 aromatic carbocycles. The molecule has 0 aliphatic carbocycles. The summed E-state index contributed by atoms with van der Waals surface area (Å²) >= 11 is 6.21. The van der Waals surface area contributed by atoms with E-state index in [0.717, 1.165) is 24.9 Å². The predicted molar refractivity (Wildman–Crippen MR) is 81.5 cm³/mol. The van der Waals surface area contributed by atoms with Crippen molar-refractivity contribution < 1.29 is 9.26 Å². The van der Waals surface area contributed by atoms with E-state index in [0.29, 0.717) is 29.0 Å². The van der Waals surface area contributed by atoms with E-state index < -0.39 is 0 Å². The van der Waals surface area contributed by atoms with E-state index in [-0.39, 0.29) is 6.61 Å². The maximum Gasteiger partial charge on any atom is 0.226 e. The lowest BCUT2D eigenvalue weighted by atomic mass is 10.2. The van der Waals surface area contributed by atoms with Crippen LogP contribution in [0.5, 0.6) is 5.75 Å². The number of nitrogens with one attached hydrogen (secondary N) is 1. The summed E-state index contributed by atoms with van der Waals surface area (Å²) in [4.78, 5) is 4.28. The van der Waals surface area contributed by atoms with Crippen molar-refractivity contribution in [1.29, 1.82) is 0 Å². The Labute approximate surface area is 129 Å². The van der Waals surface area contributed by atoms with Gasteiger partial charge in [-0.25, -0.2) is 0 Å². The number of aromatic nitrogens is 2. The molecule has 0 saturated heterocycles. The number of nitrogens with zero attached hydrogens (tertiary/aromatic N) is 2. The van der Waals surface area contributed by atoms with Crippen molar-refractivity contribution in [2.75, 3.05) is 6.54 Å². The fourth-order valence-electron chi connectivity index (χ4n) is 1.91. The summed E-state index contributed by atoms with van der Waals surface area (Å²) < 4.78 is 10.9. The molecule has 2 rings (SSSR count). The van der Waals surface area contributed by atoms with Crippen LogP contribution in [0.15, 0.2) is 22.7 Å². The Bertz CT molecular complexity index is 572. The first-order valence-corrected chi connectivity index (χ1v) is 7.54. The Morgan fingerprint density at radius 2 is 2.19 bits per heavy atom. The minimum Gasteiger partial charge on any atom is -0.484 e. The smallest absolute Gasteiger partial charge is 0.226 e. The molecular weight excluding hydrogens is 290 g/mol. The van der Waals surface area contributed by atoms with Crippen molar-refractivity contribution >= 4 is 11.6 Å². The number of para-hydroxylation sites is 1. The van der Waals surface area contributed by atoms with Crippen molar-refractivity contribution in [2.24, 2.45) is 0 Å². The third-order valence-corrected chi connectivity index (χ3v) is 3.23. The van der Waals surface area contributed by atoms with Crippen LogP contribution in [0.4, 0.5) is 0 Å². The van der Waals surface area contributed by atoms with Gasteiger partial charge in [-0.15, -0.1) is 0 Å². The van der Waals surface area contributed by atoms with Crippen LogP contribution in [-0.2, 0) is 19.6 Å². The van der Waals surface area contributed by atoms with Crippen LogP contribution >= 0.6 is 11.6 Å². The first kappa shape index (κ1) is 15.8. The van der Waals surface area contributed by atoms with Crippen LogP contribution in [0.25, 0.3) is 0 Å². The van der Waals surface area contributed by atoms with Crippen LogP contribution < -0.4 is 10.1 Å². The molecule has 0 atom stereocenters. The molecule has 0 unspecified atom stereocenters. The number of halogens is 1. The highest BCUT2D eigenvalue weighted by molar-refractivity contribution is 6.32. The Kier molecular flexibility index (Phi) is 6.02. The van der Waals surface area contributed by atoms with Gasteiger partial charge in [0.15, 0.2) is 6.61 Å². The molecule has 2 aromatic rings. The summed E-state index contributed by atoms with van der Waals surface area (Å²) in [7, 11) is 0. The highest BCUT2D eigenvalue weighted by Gasteiger charge is 2.11. The van der Waals surface area contributed by atoms with Crippen molar-refractivity contribution in [3.05, 3.63) is 40.5 Å². The summed E-state index contributed by atoms with van der Waals surface area (Å²) in [6, 6.07) is 5.71. The van der Waals surface area contributed by atoms with Gasteiger partial charge < -0.3 is 14.6 Å². The molecule has 21 heavy (non-hydrogen) atoms. The average molecular weight is 310 g/mol. The van der Waals surface area contributed by atoms with Gasteiger partial charge in [0.25, 0.3) is 0 Å². The molecule has 1 N–H and O–H groups in total. The molecule has 1 aromatic heterocycles. The van der Waals surface area contributed by atoms with Gasteiger partial charge in [-0.1, -0.05) is 42.7 Å². The maximum atomic E-state index is 6.21. The molecular formula is C15H20ClN3O2. The third kappa shape index (κ3) is 4.44. The second-order valence-corrected chi connectivity index (χ2v) is 5.06. The van der Waals surface area contributed by atoms with Crippen molar-refractivity contribution in [1.82, 2.24) is 15.5 Å². The minimum atomic E-state index is 0.246. The van der Waals surface area contributed by atoms with Gasteiger partial charge in [0.1, 0.15) is 5.75 Å². The second kappa shape index (κ2) is 8.00. The van der Waals surface area contributed by atoms with E-state index in [1.54, 1.807) is 0 Å². The first-order valence-electron chi connectivity index (χ1n) is 7.17. The fourth-order valence-corrected chi connectivity index (χ4v) is 2.16. The average Bonchev–Trinajstić information content (AvgIpc) is 2.92. The van der Waals surface area contributed by atoms with Crippen LogP contribution in [0.1, 0.15) is 37.5 Å². The van der Waals surface area contributed by atoms with Crippen LogP contribution in [0.2, 0.25) is 5.02 Å². The van der Waals surface area contributed by atoms with Crippen molar-refractivity contribution in [3.8, 4) is 5.75 Å². The number of ether oxygens (including phenoxy) is 1. The summed E-state index contributed by atoms with van der Waals surface area (Å²) in [6.45, 7) is 5.96. The lowest BCUT2D eigenvalue weighted by molar-refractivity contribution is 0.282. The van der Waals surface area contributed by atoms with Crippen molar-refractivity contribution in [2.45, 2.75) is 39.8 Å². The van der Waals surface area contributed by atoms with E-state index >= 15 is 0 Å². The molecule has 0 aliphatic rings. The lowest BCUT2D eigenvalue weighted by Gasteiger charge is -2.12. The molecule has 1 heterocycles. The van der Waals surface area contributed by atoms with E-state index in [1.165, 1.54) is 0 Å². The Morgan fingerprint density at radius 1 is 1.33 bits per heavy atom. The number of aryl methyl sites for hydroxylation is 1. The fraction of sp³-hybridized carbons (Fsp3) is 0.467. The minimum absolute atomic E-state index is 0.246. The quantitative estimate of drug-likeness (QED) is 0.810. The molecule has 0 fully saturated rings. The zero-order chi connectivity index (χ0) is 15.1. The van der Waals surface area contributed by atoms with Crippen LogP contribution in [0, 0.1) is 0 Å². The van der Waals surface area contributed by atoms with E-state index in [1.807, 2.05) is 18.2 Å². The molecule has 0 bridgehead atoms. The van der Waals surface area contributed by atoms with Gasteiger partial charge >= 0.3 is 0 Å². The van der Waals surface area contributed by atoms with Gasteiger partial charge in [-0.2, -0.15) is 4.98 Å².